The lowest BCUT2D eigenvalue weighted by atomic mass is 10.1. The monoisotopic (exact) mass is 390 g/mol. The maximum absolute atomic E-state index is 5.77. The lowest BCUT2D eigenvalue weighted by molar-refractivity contribution is 0.418. The Kier molecular flexibility index (Phi) is 3.66. The molecule has 0 aliphatic carbocycles. The molecule has 3 heteroatoms. The number of nitrogens with zero attached hydrogens (tertiary/aromatic N) is 1. The molecule has 0 bridgehead atoms. The SMILES string of the molecule is COc1cc(Cn2c3ccccc3c3cc(C)ccc32)cc2c1[nH]c1ccccc12. The summed E-state index contributed by atoms with van der Waals surface area (Å²) in [4.78, 5) is 3.52. The summed E-state index contributed by atoms with van der Waals surface area (Å²) in [6.07, 6.45) is 0. The van der Waals surface area contributed by atoms with E-state index in [0.29, 0.717) is 0 Å². The van der Waals surface area contributed by atoms with Crippen LogP contribution < -0.4 is 4.74 Å². The zero-order chi connectivity index (χ0) is 20.2. The summed E-state index contributed by atoms with van der Waals surface area (Å²) in [6, 6.07) is 28.3. The van der Waals surface area contributed by atoms with E-state index in [9.17, 15) is 0 Å². The molecule has 0 saturated heterocycles. The number of para-hydroxylation sites is 2. The smallest absolute Gasteiger partial charge is 0.143 e. The first-order valence-corrected chi connectivity index (χ1v) is 10.3. The van der Waals surface area contributed by atoms with Gasteiger partial charge in [-0.15, -0.1) is 0 Å². The third kappa shape index (κ3) is 2.45. The van der Waals surface area contributed by atoms with Crippen LogP contribution in [0.3, 0.4) is 0 Å². The normalized spacial score (nSPS) is 11.8. The second kappa shape index (κ2) is 6.39. The van der Waals surface area contributed by atoms with Crippen LogP contribution in [0, 0.1) is 6.92 Å². The van der Waals surface area contributed by atoms with E-state index >= 15 is 0 Å². The minimum absolute atomic E-state index is 0.791. The molecule has 0 aliphatic heterocycles. The quantitative estimate of drug-likeness (QED) is 0.354. The van der Waals surface area contributed by atoms with Crippen LogP contribution in [0.25, 0.3) is 43.6 Å². The standard InChI is InChI=1S/C27H22N2O/c1-17-11-12-25-21(13-17)20-8-4-6-10-24(20)29(25)16-18-14-22-19-7-3-5-9-23(19)28-27(22)26(15-18)30-2/h3-15,28H,16H2,1-2H3. The number of rotatable bonds is 3. The van der Waals surface area contributed by atoms with Crippen LogP contribution in [0.5, 0.6) is 5.75 Å². The van der Waals surface area contributed by atoms with E-state index in [0.717, 1.165) is 23.3 Å². The summed E-state index contributed by atoms with van der Waals surface area (Å²) in [5.74, 6) is 0.885. The van der Waals surface area contributed by atoms with Gasteiger partial charge in [0, 0.05) is 44.6 Å². The zero-order valence-corrected chi connectivity index (χ0v) is 17.1. The van der Waals surface area contributed by atoms with Gasteiger partial charge in [0.2, 0.25) is 0 Å². The Balaban J connectivity index is 1.60. The first kappa shape index (κ1) is 17.2. The van der Waals surface area contributed by atoms with Crippen molar-refractivity contribution in [2.75, 3.05) is 7.11 Å². The molecule has 3 nitrogen and oxygen atoms in total. The van der Waals surface area contributed by atoms with Crippen molar-refractivity contribution in [2.24, 2.45) is 0 Å². The van der Waals surface area contributed by atoms with Gasteiger partial charge in [0.15, 0.2) is 0 Å². The van der Waals surface area contributed by atoms with Gasteiger partial charge < -0.3 is 14.3 Å². The molecule has 6 rings (SSSR count). The van der Waals surface area contributed by atoms with Crippen molar-refractivity contribution in [3.63, 3.8) is 0 Å². The Labute approximate surface area is 174 Å². The average Bonchev–Trinajstić information content (AvgIpc) is 3.29. The average molecular weight is 390 g/mol. The molecule has 2 heterocycles. The molecule has 30 heavy (non-hydrogen) atoms. The molecule has 0 spiro atoms. The number of nitrogens with one attached hydrogen (secondary N) is 1. The Morgan fingerprint density at radius 1 is 0.767 bits per heavy atom. The minimum Gasteiger partial charge on any atom is -0.495 e. The predicted octanol–water partition coefficient (Wildman–Crippen LogP) is 6.79. The number of fused-ring (bicyclic) bond motifs is 6. The van der Waals surface area contributed by atoms with Gasteiger partial charge in [-0.3, -0.25) is 0 Å². The Bertz CT molecular complexity index is 1570. The number of ether oxygens (including phenoxy) is 1. The molecule has 146 valence electrons. The van der Waals surface area contributed by atoms with Gasteiger partial charge in [0.1, 0.15) is 5.75 Å². The molecule has 0 radical (unpaired) electrons. The van der Waals surface area contributed by atoms with Crippen molar-refractivity contribution in [2.45, 2.75) is 13.5 Å². The first-order chi connectivity index (χ1) is 14.7. The molecular formula is C27H22N2O. The van der Waals surface area contributed by atoms with E-state index in [1.807, 2.05) is 0 Å². The zero-order valence-electron chi connectivity index (χ0n) is 17.1. The third-order valence-corrected chi connectivity index (χ3v) is 6.13. The highest BCUT2D eigenvalue weighted by Crippen LogP contribution is 2.35. The molecule has 4 aromatic carbocycles. The maximum atomic E-state index is 5.77. The lowest BCUT2D eigenvalue weighted by Crippen LogP contribution is -2.00. The number of benzene rings is 4. The second-order valence-corrected chi connectivity index (χ2v) is 8.02. The largest absolute Gasteiger partial charge is 0.495 e. The van der Waals surface area contributed by atoms with Crippen LogP contribution in [0.2, 0.25) is 0 Å². The summed E-state index contributed by atoms with van der Waals surface area (Å²) in [7, 11) is 1.74. The Morgan fingerprint density at radius 2 is 1.53 bits per heavy atom. The molecule has 0 atom stereocenters. The number of hydrogen-bond donors (Lipinski definition) is 1. The molecule has 0 fully saturated rings. The number of aromatic nitrogens is 2. The number of aryl methyl sites for hydroxylation is 1. The Morgan fingerprint density at radius 3 is 2.40 bits per heavy atom. The topological polar surface area (TPSA) is 29.9 Å². The molecule has 0 unspecified atom stereocenters. The molecule has 0 saturated carbocycles. The fourth-order valence-electron chi connectivity index (χ4n) is 4.75. The highest BCUT2D eigenvalue weighted by Gasteiger charge is 2.14. The van der Waals surface area contributed by atoms with Crippen molar-refractivity contribution in [1.82, 2.24) is 9.55 Å². The summed E-state index contributed by atoms with van der Waals surface area (Å²) in [5.41, 5.74) is 7.23. The fraction of sp³-hybridized carbons (Fsp3) is 0.111. The van der Waals surface area contributed by atoms with Crippen LogP contribution >= 0.6 is 0 Å². The molecule has 6 aromatic rings. The minimum atomic E-state index is 0.791. The van der Waals surface area contributed by atoms with Gasteiger partial charge in [-0.05, 0) is 48.9 Å². The number of methoxy groups -OCH3 is 1. The van der Waals surface area contributed by atoms with Crippen LogP contribution in [-0.4, -0.2) is 16.7 Å². The summed E-state index contributed by atoms with van der Waals surface area (Å²) in [5, 5.41) is 5.05. The number of H-pyrrole nitrogens is 1. The molecule has 2 aromatic heterocycles. The summed E-state index contributed by atoms with van der Waals surface area (Å²) >= 11 is 0. The van der Waals surface area contributed by atoms with E-state index in [-0.39, 0.29) is 0 Å². The maximum Gasteiger partial charge on any atom is 0.143 e. The van der Waals surface area contributed by atoms with Crippen LogP contribution in [0.1, 0.15) is 11.1 Å². The fourth-order valence-corrected chi connectivity index (χ4v) is 4.75. The van der Waals surface area contributed by atoms with E-state index < -0.39 is 0 Å². The number of hydrogen-bond acceptors (Lipinski definition) is 1. The van der Waals surface area contributed by atoms with Gasteiger partial charge in [-0.25, -0.2) is 0 Å². The third-order valence-electron chi connectivity index (χ3n) is 6.13. The van der Waals surface area contributed by atoms with Crippen LogP contribution in [0.4, 0.5) is 0 Å². The van der Waals surface area contributed by atoms with Gasteiger partial charge >= 0.3 is 0 Å². The van der Waals surface area contributed by atoms with Crippen molar-refractivity contribution in [3.05, 3.63) is 90.0 Å². The lowest BCUT2D eigenvalue weighted by Gasteiger charge is -2.11. The first-order valence-electron chi connectivity index (χ1n) is 10.3. The highest BCUT2D eigenvalue weighted by atomic mass is 16.5. The predicted molar refractivity (Wildman–Crippen MR) is 126 cm³/mol. The van der Waals surface area contributed by atoms with Crippen molar-refractivity contribution < 1.29 is 4.74 Å². The van der Waals surface area contributed by atoms with Gasteiger partial charge in [0.05, 0.1) is 12.6 Å². The molecule has 0 amide bonds. The summed E-state index contributed by atoms with van der Waals surface area (Å²) in [6.45, 7) is 2.94. The molecule has 0 aliphatic rings. The Hall–Kier alpha value is -3.72. The second-order valence-electron chi connectivity index (χ2n) is 8.02. The van der Waals surface area contributed by atoms with Crippen molar-refractivity contribution in [1.29, 1.82) is 0 Å². The van der Waals surface area contributed by atoms with Crippen molar-refractivity contribution in [3.8, 4) is 5.75 Å². The van der Waals surface area contributed by atoms with E-state index in [1.54, 1.807) is 7.11 Å². The van der Waals surface area contributed by atoms with E-state index in [4.69, 9.17) is 4.74 Å². The van der Waals surface area contributed by atoms with Gasteiger partial charge in [-0.2, -0.15) is 0 Å². The molecule has 1 N–H and O–H groups in total. The number of aromatic amines is 1. The van der Waals surface area contributed by atoms with Crippen LogP contribution in [0.15, 0.2) is 78.9 Å². The van der Waals surface area contributed by atoms with Crippen molar-refractivity contribution >= 4 is 43.6 Å². The highest BCUT2D eigenvalue weighted by molar-refractivity contribution is 6.10. The van der Waals surface area contributed by atoms with Gasteiger partial charge in [-0.1, -0.05) is 48.0 Å². The van der Waals surface area contributed by atoms with E-state index in [2.05, 4.69) is 95.3 Å². The van der Waals surface area contributed by atoms with Gasteiger partial charge in [0.25, 0.3) is 0 Å². The summed E-state index contributed by atoms with van der Waals surface area (Å²) < 4.78 is 8.18. The van der Waals surface area contributed by atoms with Crippen LogP contribution in [-0.2, 0) is 6.54 Å². The molecular weight excluding hydrogens is 368 g/mol. The van der Waals surface area contributed by atoms with E-state index in [1.165, 1.54) is 43.7 Å².